The average Bonchev–Trinajstić information content (AvgIpc) is 3.50. The Bertz CT molecular complexity index is 1410. The number of halogens is 2. The Morgan fingerprint density at radius 1 is 1.02 bits per heavy atom. The van der Waals surface area contributed by atoms with Crippen molar-refractivity contribution in [1.82, 2.24) is 20.0 Å². The minimum absolute atomic E-state index is 0.0254. The van der Waals surface area contributed by atoms with Crippen LogP contribution in [0.2, 0.25) is 0 Å². The van der Waals surface area contributed by atoms with E-state index in [4.69, 9.17) is 15.5 Å². The van der Waals surface area contributed by atoms with E-state index < -0.39 is 23.7 Å². The van der Waals surface area contributed by atoms with E-state index in [0.717, 1.165) is 38.0 Å². The molecule has 49 heavy (non-hydrogen) atoms. The van der Waals surface area contributed by atoms with E-state index in [-0.39, 0.29) is 61.4 Å². The fraction of sp³-hybridized carbons (Fsp3) is 0.605. The largest absolute Gasteiger partial charge is 0.455 e. The van der Waals surface area contributed by atoms with E-state index in [9.17, 15) is 18.4 Å². The topological polar surface area (TPSA) is 104 Å². The molecule has 2 saturated heterocycles. The Morgan fingerprint density at radius 2 is 1.73 bits per heavy atom. The van der Waals surface area contributed by atoms with Crippen molar-refractivity contribution < 1.29 is 23.1 Å². The maximum Gasteiger partial charge on any atom is 0.288 e. The number of amides is 1. The van der Waals surface area contributed by atoms with Gasteiger partial charge in [-0.2, -0.15) is 0 Å². The fourth-order valence-electron chi connectivity index (χ4n) is 7.30. The number of ketones is 1. The van der Waals surface area contributed by atoms with Crippen LogP contribution in [0.1, 0.15) is 88.5 Å². The summed E-state index contributed by atoms with van der Waals surface area (Å²) in [6.45, 7) is 10.2. The smallest absolute Gasteiger partial charge is 0.288 e. The lowest BCUT2D eigenvalue weighted by molar-refractivity contribution is -0.144. The molecule has 0 spiro atoms. The van der Waals surface area contributed by atoms with Crippen molar-refractivity contribution >= 4 is 17.7 Å². The Morgan fingerprint density at radius 3 is 2.41 bits per heavy atom. The summed E-state index contributed by atoms with van der Waals surface area (Å²) in [6.07, 6.45) is 6.35. The highest BCUT2D eigenvalue weighted by Crippen LogP contribution is 2.31. The first-order chi connectivity index (χ1) is 23.6. The first kappa shape index (κ1) is 36.9. The third-order valence-electron chi connectivity index (χ3n) is 9.98. The third-order valence-corrected chi connectivity index (χ3v) is 9.98. The van der Waals surface area contributed by atoms with Crippen LogP contribution >= 0.6 is 0 Å². The zero-order valence-electron chi connectivity index (χ0n) is 29.4. The van der Waals surface area contributed by atoms with Crippen LogP contribution in [0.5, 0.6) is 0 Å². The first-order valence-corrected chi connectivity index (χ1v) is 18.2. The highest BCUT2D eigenvalue weighted by Gasteiger charge is 2.41. The summed E-state index contributed by atoms with van der Waals surface area (Å²) < 4.78 is 35.4. The third kappa shape index (κ3) is 9.64. The van der Waals surface area contributed by atoms with E-state index in [1.54, 1.807) is 4.90 Å². The van der Waals surface area contributed by atoms with Gasteiger partial charge in [0.25, 0.3) is 6.02 Å². The van der Waals surface area contributed by atoms with E-state index in [2.05, 4.69) is 10.2 Å². The fourth-order valence-corrected chi connectivity index (χ4v) is 7.30. The number of ether oxygens (including phenoxy) is 1. The van der Waals surface area contributed by atoms with Crippen LogP contribution in [-0.2, 0) is 27.3 Å². The van der Waals surface area contributed by atoms with Gasteiger partial charge in [-0.05, 0) is 81.9 Å². The minimum Gasteiger partial charge on any atom is -0.455 e. The lowest BCUT2D eigenvalue weighted by atomic mass is 9.97. The van der Waals surface area contributed by atoms with Crippen molar-refractivity contribution in [2.75, 3.05) is 39.3 Å². The second kappa shape index (κ2) is 17.5. The number of hydrogen-bond donors (Lipinski definition) is 2. The van der Waals surface area contributed by atoms with Crippen LogP contribution < -0.4 is 11.1 Å². The van der Waals surface area contributed by atoms with Gasteiger partial charge in [0.1, 0.15) is 23.8 Å². The zero-order chi connectivity index (χ0) is 34.9. The zero-order valence-corrected chi connectivity index (χ0v) is 29.4. The van der Waals surface area contributed by atoms with E-state index >= 15 is 0 Å². The molecule has 0 saturated carbocycles. The number of nitrogens with zero attached hydrogens (tertiary/aromatic N) is 4. The quantitative estimate of drug-likeness (QED) is 0.272. The summed E-state index contributed by atoms with van der Waals surface area (Å²) in [5.74, 6) is -1.68. The number of hydrogen-bond acceptors (Lipinski definition) is 8. The predicted molar refractivity (Wildman–Crippen MR) is 188 cm³/mol. The number of benzene rings is 2. The molecule has 4 atom stereocenters. The van der Waals surface area contributed by atoms with E-state index in [0.29, 0.717) is 31.1 Å². The number of rotatable bonds is 14. The van der Waals surface area contributed by atoms with Crippen molar-refractivity contribution in [3.05, 3.63) is 70.8 Å². The SMILES string of the molecule is CC(C)N[C@H](CCCCN1CCCCC1)C(=O)N1CCN(C2=N[C@@H](C)[C@H](c3ccccc3)O2)C[C@H]1C(=O)CCc1cc(F)c(CN)c(F)c1. The normalized spacial score (nSPS) is 22.3. The van der Waals surface area contributed by atoms with Gasteiger partial charge in [0.2, 0.25) is 5.91 Å². The number of unbranched alkanes of at least 4 members (excludes halogenated alkanes) is 1. The molecule has 3 N–H and O–H groups in total. The molecule has 3 aliphatic heterocycles. The lowest BCUT2D eigenvalue weighted by Gasteiger charge is -2.42. The van der Waals surface area contributed by atoms with Crippen molar-refractivity contribution in [2.45, 2.75) is 109 Å². The monoisotopic (exact) mass is 680 g/mol. The molecule has 1 amide bonds. The van der Waals surface area contributed by atoms with E-state index in [1.807, 2.05) is 56.0 Å². The molecule has 5 rings (SSSR count). The molecule has 3 aliphatic rings. The molecule has 0 aliphatic carbocycles. The average molecular weight is 681 g/mol. The number of carbonyl (C=O) groups is 2. The molecule has 0 aromatic heterocycles. The van der Waals surface area contributed by atoms with Crippen LogP contribution in [0, 0.1) is 11.6 Å². The van der Waals surface area contributed by atoms with Gasteiger partial charge in [-0.1, -0.05) is 57.0 Å². The maximum absolute atomic E-state index is 14.5. The molecule has 268 valence electrons. The van der Waals surface area contributed by atoms with Gasteiger partial charge in [-0.3, -0.25) is 9.59 Å². The van der Waals surface area contributed by atoms with Gasteiger partial charge in [0.05, 0.1) is 12.1 Å². The van der Waals surface area contributed by atoms with Crippen molar-refractivity contribution in [3.63, 3.8) is 0 Å². The first-order valence-electron chi connectivity index (χ1n) is 18.2. The van der Waals surface area contributed by atoms with Crippen LogP contribution in [0.25, 0.3) is 0 Å². The Labute approximate surface area is 290 Å². The van der Waals surface area contributed by atoms with Crippen molar-refractivity contribution in [3.8, 4) is 0 Å². The minimum atomic E-state index is -0.763. The Balaban J connectivity index is 1.30. The standard InChI is InChI=1S/C38H54F2N6O3/c1-26(2)42-33(14-8-11-19-44-17-9-5-10-18-44)37(48)46-21-20-45(38-43-27(3)36(49-38)29-12-6-4-7-13-29)25-34(46)35(47)16-15-28-22-31(39)30(24-41)32(40)23-28/h4,6-7,12-13,22-23,26-27,33-34,36,42H,5,8-11,14-21,24-25,41H2,1-3H3/t27-,33+,34-,36+/m0/s1. The summed E-state index contributed by atoms with van der Waals surface area (Å²) in [5.41, 5.74) is 6.73. The highest BCUT2D eigenvalue weighted by molar-refractivity contribution is 5.92. The second-order valence-corrected chi connectivity index (χ2v) is 14.1. The van der Waals surface area contributed by atoms with Gasteiger partial charge < -0.3 is 30.5 Å². The number of Topliss-reactive ketones (excluding diaryl/α,β-unsaturated/α-hetero) is 1. The van der Waals surface area contributed by atoms with Gasteiger partial charge >= 0.3 is 0 Å². The van der Waals surface area contributed by atoms with Crippen LogP contribution in [0.4, 0.5) is 8.78 Å². The number of aliphatic imine (C=N–C) groups is 1. The molecule has 0 unspecified atom stereocenters. The molecule has 11 heteroatoms. The van der Waals surface area contributed by atoms with E-state index in [1.165, 1.54) is 31.4 Å². The number of piperazine rings is 1. The summed E-state index contributed by atoms with van der Waals surface area (Å²) in [4.78, 5) is 39.4. The molecule has 2 fully saturated rings. The number of carbonyl (C=O) groups excluding carboxylic acids is 2. The number of amidine groups is 1. The molecule has 2 aromatic carbocycles. The Hall–Kier alpha value is -3.41. The molecule has 3 heterocycles. The van der Waals surface area contributed by atoms with Crippen LogP contribution in [0.15, 0.2) is 47.5 Å². The summed E-state index contributed by atoms with van der Waals surface area (Å²) >= 11 is 0. The number of likely N-dealkylation sites (tertiary alicyclic amines) is 1. The van der Waals surface area contributed by atoms with Gasteiger partial charge in [0, 0.05) is 44.2 Å². The molecule has 0 bridgehead atoms. The summed E-state index contributed by atoms with van der Waals surface area (Å²) in [7, 11) is 0. The molecule has 2 aromatic rings. The second-order valence-electron chi connectivity index (χ2n) is 14.1. The summed E-state index contributed by atoms with van der Waals surface area (Å²) in [5, 5.41) is 3.48. The van der Waals surface area contributed by atoms with Crippen molar-refractivity contribution in [2.24, 2.45) is 10.7 Å². The maximum atomic E-state index is 14.5. The van der Waals surface area contributed by atoms with Crippen LogP contribution in [-0.4, -0.2) is 95.8 Å². The molecule has 9 nitrogen and oxygen atoms in total. The highest BCUT2D eigenvalue weighted by atomic mass is 19.1. The van der Waals surface area contributed by atoms with Crippen molar-refractivity contribution in [1.29, 1.82) is 0 Å². The molecular weight excluding hydrogens is 626 g/mol. The Kier molecular flexibility index (Phi) is 13.2. The molecular formula is C38H54F2N6O3. The number of piperidine rings is 1. The summed E-state index contributed by atoms with van der Waals surface area (Å²) in [6, 6.07) is 11.7. The van der Waals surface area contributed by atoms with Gasteiger partial charge in [-0.25, -0.2) is 13.8 Å². The lowest BCUT2D eigenvalue weighted by Crippen LogP contribution is -2.62. The number of nitrogens with two attached hydrogens (primary N) is 1. The van der Waals surface area contributed by atoms with Gasteiger partial charge in [-0.15, -0.1) is 0 Å². The number of nitrogens with one attached hydrogen (secondary N) is 1. The molecule has 0 radical (unpaired) electrons. The number of aryl methyl sites for hydroxylation is 1. The van der Waals surface area contributed by atoms with Gasteiger partial charge in [0.15, 0.2) is 5.78 Å². The van der Waals surface area contributed by atoms with Crippen LogP contribution in [0.3, 0.4) is 0 Å². The predicted octanol–water partition coefficient (Wildman–Crippen LogP) is 4.98.